The average Bonchev–Trinajstić information content (AvgIpc) is 3.25. The Morgan fingerprint density at radius 1 is 0.763 bits per heavy atom. The minimum absolute atomic E-state index is 0.0302. The molecule has 4 aromatic rings. The van der Waals surface area contributed by atoms with E-state index < -0.39 is 0 Å². The van der Waals surface area contributed by atoms with Gasteiger partial charge >= 0.3 is 12.1 Å². The van der Waals surface area contributed by atoms with Crippen molar-refractivity contribution in [1.82, 2.24) is 19.3 Å². The number of rotatable bonds is 8. The maximum absolute atomic E-state index is 13.0. The second-order valence-electron chi connectivity index (χ2n) is 15.6. The molecule has 4 amide bonds. The normalized spacial score (nSPS) is 16.6. The molecule has 320 valence electrons. The Kier molecular flexibility index (Phi) is 17.0. The number of piperidine rings is 1. The highest BCUT2D eigenvalue weighted by Gasteiger charge is 2.31. The number of fused-ring (bicyclic) bond motifs is 2. The number of hydrogen-bond donors (Lipinski definition) is 2. The fourth-order valence-corrected chi connectivity index (χ4v) is 7.92. The third-order valence-electron chi connectivity index (χ3n) is 10.9. The molecular formula is C45H61Cl2N7O5. The quantitative estimate of drug-likeness (QED) is 0.182. The Morgan fingerprint density at radius 2 is 1.42 bits per heavy atom. The van der Waals surface area contributed by atoms with Crippen molar-refractivity contribution in [3.8, 4) is 11.5 Å². The molecule has 59 heavy (non-hydrogen) atoms. The number of nitrogens with one attached hydrogen (secondary N) is 2. The zero-order chi connectivity index (χ0) is 42.5. The number of carbonyl (C=O) groups is 2. The zero-order valence-corrected chi connectivity index (χ0v) is 37.0. The summed E-state index contributed by atoms with van der Waals surface area (Å²) in [6.45, 7) is 15.4. The first-order valence-corrected chi connectivity index (χ1v) is 21.6. The summed E-state index contributed by atoms with van der Waals surface area (Å²) in [6.07, 6.45) is 8.09. The number of unbranched alkanes of at least 4 members (excludes halogenated alkanes) is 1. The van der Waals surface area contributed by atoms with Crippen molar-refractivity contribution in [2.24, 2.45) is 5.92 Å². The number of pyridine rings is 1. The van der Waals surface area contributed by atoms with Gasteiger partial charge in [-0.15, -0.1) is 0 Å². The number of piperazine rings is 2. The van der Waals surface area contributed by atoms with E-state index in [1.165, 1.54) is 32.1 Å². The number of hydrogen-bond acceptors (Lipinski definition) is 7. The predicted molar refractivity (Wildman–Crippen MR) is 242 cm³/mol. The van der Waals surface area contributed by atoms with Gasteiger partial charge in [-0.3, -0.25) is 9.69 Å². The molecule has 1 atom stereocenters. The molecule has 14 heteroatoms. The summed E-state index contributed by atoms with van der Waals surface area (Å²) in [5.41, 5.74) is 2.26. The largest absolute Gasteiger partial charge is 0.495 e. The van der Waals surface area contributed by atoms with Crippen molar-refractivity contribution in [1.29, 1.82) is 0 Å². The average molecular weight is 851 g/mol. The van der Waals surface area contributed by atoms with Crippen LogP contribution < -0.4 is 30.6 Å². The standard InChI is InChI=1S/C24H27ClN4O2.C17H24ClN3O3.C4H10/c1-17(2)15-29-16-22(20-8-3-4-9-21(20)23(29)30)26-24(31)28-12-10-27(11-13-28)19-7-5-6-18(25)14-19;1-23-15-10-16(24-2)14(9-13(15)18)19-17(22)21-8-7-20-6-4-3-5-12(20)11-21;1-3-4-2/h3-9,14,16-17H,10-13,15H2,1-2H3,(H,26,31);9-10,12H,3-8,11H2,1-2H3,(H,19,22);3-4H2,1-2H3. The number of anilines is 3. The van der Waals surface area contributed by atoms with Crippen molar-refractivity contribution in [3.05, 3.63) is 87.3 Å². The van der Waals surface area contributed by atoms with Crippen molar-refractivity contribution in [2.45, 2.75) is 72.4 Å². The van der Waals surface area contributed by atoms with Crippen molar-refractivity contribution in [3.63, 3.8) is 0 Å². The lowest BCUT2D eigenvalue weighted by Gasteiger charge is -2.43. The van der Waals surface area contributed by atoms with Crippen LogP contribution in [0.15, 0.2) is 71.7 Å². The molecule has 12 nitrogen and oxygen atoms in total. The van der Waals surface area contributed by atoms with Crippen LogP contribution >= 0.6 is 23.2 Å². The number of nitrogens with zero attached hydrogens (tertiary/aromatic N) is 5. The Labute approximate surface area is 359 Å². The molecular weight excluding hydrogens is 789 g/mol. The number of urea groups is 2. The van der Waals surface area contributed by atoms with Crippen LogP contribution in [0.3, 0.4) is 0 Å². The minimum atomic E-state index is -0.148. The third-order valence-corrected chi connectivity index (χ3v) is 11.4. The molecule has 0 spiro atoms. The molecule has 0 saturated carbocycles. The summed E-state index contributed by atoms with van der Waals surface area (Å²) in [5.74, 6) is 1.37. The van der Waals surface area contributed by atoms with Gasteiger partial charge in [-0.05, 0) is 55.6 Å². The Hall–Kier alpha value is -4.65. The van der Waals surface area contributed by atoms with Crippen LogP contribution in [0.2, 0.25) is 10.0 Å². The van der Waals surface area contributed by atoms with Crippen LogP contribution in [-0.4, -0.2) is 104 Å². The maximum atomic E-state index is 13.0. The third kappa shape index (κ3) is 12.2. The van der Waals surface area contributed by atoms with Crippen molar-refractivity contribution in [2.75, 3.05) is 82.1 Å². The van der Waals surface area contributed by atoms with E-state index in [0.29, 0.717) is 69.9 Å². The van der Waals surface area contributed by atoms with E-state index in [-0.39, 0.29) is 17.6 Å². The molecule has 0 bridgehead atoms. The van der Waals surface area contributed by atoms with E-state index in [4.69, 9.17) is 32.7 Å². The van der Waals surface area contributed by atoms with Gasteiger partial charge in [-0.25, -0.2) is 9.59 Å². The smallest absolute Gasteiger partial charge is 0.322 e. The van der Waals surface area contributed by atoms with Gasteiger partial charge in [0.2, 0.25) is 0 Å². The number of ether oxygens (including phenoxy) is 2. The summed E-state index contributed by atoms with van der Waals surface area (Å²) < 4.78 is 12.2. The van der Waals surface area contributed by atoms with Crippen molar-refractivity contribution >= 4 is 63.1 Å². The summed E-state index contributed by atoms with van der Waals surface area (Å²) in [7, 11) is 3.10. The van der Waals surface area contributed by atoms with Crippen LogP contribution in [0.1, 0.15) is 59.8 Å². The second kappa shape index (κ2) is 22.1. The highest BCUT2D eigenvalue weighted by Crippen LogP contribution is 2.36. The van der Waals surface area contributed by atoms with Gasteiger partial charge in [-0.1, -0.05) is 94.4 Å². The molecule has 3 aliphatic rings. The minimum Gasteiger partial charge on any atom is -0.495 e. The number of methoxy groups -OCH3 is 2. The SMILES string of the molecule is CC(C)Cn1cc(NC(=O)N2CCN(c3cccc(Cl)c3)CC2)c2ccccc2c1=O.CCCC.COc1cc(OC)c(NC(=O)N2CCN3CCCCC3C2)cc1Cl. The molecule has 3 saturated heterocycles. The maximum Gasteiger partial charge on any atom is 0.322 e. The van der Waals surface area contributed by atoms with Gasteiger partial charge in [0.15, 0.2) is 0 Å². The van der Waals surface area contributed by atoms with Crippen LogP contribution in [0.4, 0.5) is 26.7 Å². The molecule has 3 aromatic carbocycles. The number of aromatic nitrogens is 1. The molecule has 4 heterocycles. The molecule has 2 N–H and O–H groups in total. The van der Waals surface area contributed by atoms with Crippen molar-refractivity contribution < 1.29 is 19.1 Å². The van der Waals surface area contributed by atoms with E-state index >= 15 is 0 Å². The van der Waals surface area contributed by atoms with Gasteiger partial charge in [0, 0.05) is 92.1 Å². The lowest BCUT2D eigenvalue weighted by atomic mass is 10.00. The van der Waals surface area contributed by atoms with Crippen LogP contribution in [0.5, 0.6) is 11.5 Å². The number of benzene rings is 3. The molecule has 0 radical (unpaired) electrons. The molecule has 0 aliphatic carbocycles. The number of halogens is 2. The molecule has 3 fully saturated rings. The topological polar surface area (TPSA) is 112 Å². The molecule has 3 aliphatic heterocycles. The van der Waals surface area contributed by atoms with Gasteiger partial charge < -0.3 is 39.4 Å². The lowest BCUT2D eigenvalue weighted by Crippen LogP contribution is -2.56. The van der Waals surface area contributed by atoms with Gasteiger partial charge in [0.25, 0.3) is 5.56 Å². The Morgan fingerprint density at radius 3 is 2.08 bits per heavy atom. The fraction of sp³-hybridized carbons (Fsp3) is 0.489. The van der Waals surface area contributed by atoms with E-state index in [0.717, 1.165) is 50.3 Å². The molecule has 1 aromatic heterocycles. The van der Waals surface area contributed by atoms with Gasteiger partial charge in [0.1, 0.15) is 11.5 Å². The summed E-state index contributed by atoms with van der Waals surface area (Å²) >= 11 is 12.3. The summed E-state index contributed by atoms with van der Waals surface area (Å²) in [6, 6.07) is 18.8. The van der Waals surface area contributed by atoms with E-state index in [1.54, 1.807) is 37.1 Å². The zero-order valence-electron chi connectivity index (χ0n) is 35.4. The lowest BCUT2D eigenvalue weighted by molar-refractivity contribution is 0.0678. The second-order valence-corrected chi connectivity index (χ2v) is 16.4. The number of amides is 4. The Balaban J connectivity index is 0.000000211. The summed E-state index contributed by atoms with van der Waals surface area (Å²) in [4.78, 5) is 46.9. The monoisotopic (exact) mass is 849 g/mol. The molecule has 7 rings (SSSR count). The van der Waals surface area contributed by atoms with E-state index in [1.807, 2.05) is 58.3 Å². The highest BCUT2D eigenvalue weighted by atomic mass is 35.5. The Bertz CT molecular complexity index is 2070. The highest BCUT2D eigenvalue weighted by molar-refractivity contribution is 6.32. The predicted octanol–water partition coefficient (Wildman–Crippen LogP) is 9.53. The first-order chi connectivity index (χ1) is 28.5. The summed E-state index contributed by atoms with van der Waals surface area (Å²) in [5, 5.41) is 8.49. The van der Waals surface area contributed by atoms with E-state index in [2.05, 4.69) is 48.1 Å². The fourth-order valence-electron chi connectivity index (χ4n) is 7.50. The first kappa shape index (κ1) is 45.4. The number of carbonyl (C=O) groups excluding carboxylic acids is 2. The van der Waals surface area contributed by atoms with Crippen LogP contribution in [0.25, 0.3) is 10.8 Å². The first-order valence-electron chi connectivity index (χ1n) is 20.9. The van der Waals surface area contributed by atoms with Crippen LogP contribution in [0, 0.1) is 5.92 Å². The van der Waals surface area contributed by atoms with Gasteiger partial charge in [0.05, 0.1) is 30.6 Å². The van der Waals surface area contributed by atoms with Gasteiger partial charge in [-0.2, -0.15) is 0 Å². The van der Waals surface area contributed by atoms with E-state index in [9.17, 15) is 14.4 Å². The molecule has 1 unspecified atom stereocenters. The van der Waals surface area contributed by atoms with Crippen LogP contribution in [-0.2, 0) is 6.54 Å².